The van der Waals surface area contributed by atoms with E-state index in [-0.39, 0.29) is 6.01 Å². The topological polar surface area (TPSA) is 67.7 Å². The summed E-state index contributed by atoms with van der Waals surface area (Å²) in [6.07, 6.45) is 5.21. The Balaban J connectivity index is 1.58. The molecule has 6 nitrogen and oxygen atoms in total. The first-order valence-corrected chi connectivity index (χ1v) is 9.10. The Morgan fingerprint density at radius 1 is 1.12 bits per heavy atom. The van der Waals surface area contributed by atoms with Crippen LogP contribution >= 0.6 is 0 Å². The first kappa shape index (κ1) is 17.2. The highest BCUT2D eigenvalue weighted by Gasteiger charge is 2.49. The van der Waals surface area contributed by atoms with Gasteiger partial charge in [0, 0.05) is 24.8 Å². The Morgan fingerprint density at radius 3 is 2.42 bits per heavy atom. The standard InChI is InChI=1S/C20H25N3O3/c1-25-18-17(12-21-19(22-18)26-2)20(24)10-15-8-9-16(11-20)23(15)13-14-6-4-3-5-7-14/h3-7,12,15-16,24H,8-11,13H2,1-2H3/t15-,16-/m1/s1. The fourth-order valence-electron chi connectivity index (χ4n) is 4.51. The average molecular weight is 355 g/mol. The number of piperidine rings is 1. The van der Waals surface area contributed by atoms with Gasteiger partial charge in [0.15, 0.2) is 0 Å². The molecule has 1 N–H and O–H groups in total. The van der Waals surface area contributed by atoms with Crippen molar-refractivity contribution in [1.82, 2.24) is 14.9 Å². The maximum atomic E-state index is 11.5. The van der Waals surface area contributed by atoms with Gasteiger partial charge in [0.1, 0.15) is 0 Å². The first-order valence-electron chi connectivity index (χ1n) is 9.10. The fraction of sp³-hybridized carbons (Fsp3) is 0.500. The molecule has 138 valence electrons. The number of hydrogen-bond acceptors (Lipinski definition) is 6. The number of methoxy groups -OCH3 is 2. The molecule has 2 bridgehead atoms. The summed E-state index contributed by atoms with van der Waals surface area (Å²) >= 11 is 0. The van der Waals surface area contributed by atoms with Crippen molar-refractivity contribution in [1.29, 1.82) is 0 Å². The number of fused-ring (bicyclic) bond motifs is 2. The van der Waals surface area contributed by atoms with Crippen LogP contribution in [0.1, 0.15) is 36.8 Å². The third-order valence-corrected chi connectivity index (χ3v) is 5.73. The second-order valence-electron chi connectivity index (χ2n) is 7.26. The number of benzene rings is 1. The van der Waals surface area contributed by atoms with Crippen LogP contribution in [0.15, 0.2) is 36.5 Å². The van der Waals surface area contributed by atoms with E-state index in [0.29, 0.717) is 36.4 Å². The SMILES string of the molecule is COc1ncc(C2(O)C[C@H]3CC[C@H](C2)N3Cc2ccccc2)c(OC)n1. The lowest BCUT2D eigenvalue weighted by atomic mass is 9.81. The van der Waals surface area contributed by atoms with Crippen LogP contribution in [-0.2, 0) is 12.1 Å². The molecule has 2 aliphatic rings. The van der Waals surface area contributed by atoms with Crippen molar-refractivity contribution in [2.45, 2.75) is 49.9 Å². The maximum absolute atomic E-state index is 11.5. The number of nitrogens with zero attached hydrogens (tertiary/aromatic N) is 3. The van der Waals surface area contributed by atoms with Crippen molar-refractivity contribution < 1.29 is 14.6 Å². The van der Waals surface area contributed by atoms with Crippen molar-refractivity contribution in [3.05, 3.63) is 47.7 Å². The van der Waals surface area contributed by atoms with Crippen LogP contribution in [0.5, 0.6) is 11.9 Å². The molecule has 0 saturated carbocycles. The largest absolute Gasteiger partial charge is 0.481 e. The van der Waals surface area contributed by atoms with E-state index in [2.05, 4.69) is 39.1 Å². The van der Waals surface area contributed by atoms with Gasteiger partial charge in [0.2, 0.25) is 5.88 Å². The summed E-state index contributed by atoms with van der Waals surface area (Å²) in [5, 5.41) is 11.5. The molecule has 4 rings (SSSR count). The molecule has 2 aromatic rings. The van der Waals surface area contributed by atoms with E-state index in [1.54, 1.807) is 13.3 Å². The molecule has 3 heterocycles. The molecule has 0 unspecified atom stereocenters. The molecule has 2 aliphatic heterocycles. The van der Waals surface area contributed by atoms with Crippen LogP contribution in [0.3, 0.4) is 0 Å². The summed E-state index contributed by atoms with van der Waals surface area (Å²) in [5.41, 5.74) is 1.02. The summed E-state index contributed by atoms with van der Waals surface area (Å²) in [4.78, 5) is 11.0. The number of aromatic nitrogens is 2. The van der Waals surface area contributed by atoms with Crippen molar-refractivity contribution in [2.24, 2.45) is 0 Å². The Bertz CT molecular complexity index is 754. The second kappa shape index (κ2) is 6.85. The van der Waals surface area contributed by atoms with Crippen LogP contribution in [0.25, 0.3) is 0 Å². The molecule has 0 amide bonds. The quantitative estimate of drug-likeness (QED) is 0.889. The summed E-state index contributed by atoms with van der Waals surface area (Å²) in [5.74, 6) is 0.398. The Hall–Kier alpha value is -2.18. The van der Waals surface area contributed by atoms with Crippen molar-refractivity contribution in [2.75, 3.05) is 14.2 Å². The van der Waals surface area contributed by atoms with E-state index in [1.807, 2.05) is 6.07 Å². The average Bonchev–Trinajstić information content (AvgIpc) is 2.92. The van der Waals surface area contributed by atoms with Gasteiger partial charge in [-0.1, -0.05) is 30.3 Å². The molecular weight excluding hydrogens is 330 g/mol. The lowest BCUT2D eigenvalue weighted by molar-refractivity contribution is -0.0612. The molecule has 2 atom stereocenters. The van der Waals surface area contributed by atoms with Gasteiger partial charge in [-0.15, -0.1) is 0 Å². The van der Waals surface area contributed by atoms with E-state index in [9.17, 15) is 5.11 Å². The van der Waals surface area contributed by atoms with E-state index in [4.69, 9.17) is 9.47 Å². The molecular formula is C20H25N3O3. The highest BCUT2D eigenvalue weighted by atomic mass is 16.5. The van der Waals surface area contributed by atoms with E-state index >= 15 is 0 Å². The molecule has 6 heteroatoms. The van der Waals surface area contributed by atoms with Gasteiger partial charge in [-0.3, -0.25) is 4.90 Å². The van der Waals surface area contributed by atoms with Gasteiger partial charge in [-0.25, -0.2) is 4.98 Å². The highest BCUT2D eigenvalue weighted by molar-refractivity contribution is 5.33. The molecule has 0 aliphatic carbocycles. The van der Waals surface area contributed by atoms with Gasteiger partial charge < -0.3 is 14.6 Å². The van der Waals surface area contributed by atoms with Gasteiger partial charge in [0.05, 0.1) is 25.4 Å². The Kier molecular flexibility index (Phi) is 4.54. The molecule has 2 fully saturated rings. The number of hydrogen-bond donors (Lipinski definition) is 1. The van der Waals surface area contributed by atoms with Gasteiger partial charge in [-0.05, 0) is 31.2 Å². The smallest absolute Gasteiger partial charge is 0.319 e. The minimum Gasteiger partial charge on any atom is -0.481 e. The predicted octanol–water partition coefficient (Wildman–Crippen LogP) is 2.51. The zero-order valence-corrected chi connectivity index (χ0v) is 15.3. The number of aliphatic hydroxyl groups is 1. The maximum Gasteiger partial charge on any atom is 0.319 e. The Morgan fingerprint density at radius 2 is 1.81 bits per heavy atom. The minimum atomic E-state index is -0.962. The van der Waals surface area contributed by atoms with Crippen LogP contribution in [0, 0.1) is 0 Å². The normalized spacial score (nSPS) is 28.1. The molecule has 0 spiro atoms. The molecule has 1 aromatic heterocycles. The van der Waals surface area contributed by atoms with E-state index in [1.165, 1.54) is 12.7 Å². The summed E-state index contributed by atoms with van der Waals surface area (Å²) in [6.45, 7) is 0.933. The third-order valence-electron chi connectivity index (χ3n) is 5.73. The number of rotatable bonds is 5. The van der Waals surface area contributed by atoms with Gasteiger partial charge in [0.25, 0.3) is 0 Å². The Labute approximate surface area is 153 Å². The fourth-order valence-corrected chi connectivity index (χ4v) is 4.51. The number of ether oxygens (including phenoxy) is 2. The van der Waals surface area contributed by atoms with Crippen LogP contribution in [-0.4, -0.2) is 46.3 Å². The van der Waals surface area contributed by atoms with Crippen LogP contribution in [0.2, 0.25) is 0 Å². The summed E-state index contributed by atoms with van der Waals surface area (Å²) in [7, 11) is 3.08. The summed E-state index contributed by atoms with van der Waals surface area (Å²) < 4.78 is 10.5. The zero-order chi connectivity index (χ0) is 18.1. The monoisotopic (exact) mass is 355 g/mol. The van der Waals surface area contributed by atoms with E-state index < -0.39 is 5.60 Å². The lowest BCUT2D eigenvalue weighted by Gasteiger charge is -2.44. The molecule has 2 saturated heterocycles. The van der Waals surface area contributed by atoms with Crippen molar-refractivity contribution >= 4 is 0 Å². The molecule has 26 heavy (non-hydrogen) atoms. The van der Waals surface area contributed by atoms with Crippen LogP contribution in [0.4, 0.5) is 0 Å². The zero-order valence-electron chi connectivity index (χ0n) is 15.3. The lowest BCUT2D eigenvalue weighted by Crippen LogP contribution is -2.49. The van der Waals surface area contributed by atoms with Crippen LogP contribution < -0.4 is 9.47 Å². The predicted molar refractivity (Wildman–Crippen MR) is 97.1 cm³/mol. The molecule has 1 aromatic carbocycles. The summed E-state index contributed by atoms with van der Waals surface area (Å²) in [6, 6.07) is 11.5. The van der Waals surface area contributed by atoms with Gasteiger partial charge in [-0.2, -0.15) is 4.98 Å². The first-order chi connectivity index (χ1) is 12.6. The highest BCUT2D eigenvalue weighted by Crippen LogP contribution is 2.48. The van der Waals surface area contributed by atoms with E-state index in [0.717, 1.165) is 19.4 Å². The molecule has 0 radical (unpaired) electrons. The van der Waals surface area contributed by atoms with Crippen molar-refractivity contribution in [3.63, 3.8) is 0 Å². The third kappa shape index (κ3) is 3.04. The van der Waals surface area contributed by atoms with Crippen molar-refractivity contribution in [3.8, 4) is 11.9 Å². The van der Waals surface area contributed by atoms with Gasteiger partial charge >= 0.3 is 6.01 Å². The second-order valence-corrected chi connectivity index (χ2v) is 7.26. The minimum absolute atomic E-state index is 0.249.